The highest BCUT2D eigenvalue weighted by molar-refractivity contribution is 6.31. The molecule has 4 rings (SSSR count). The summed E-state index contributed by atoms with van der Waals surface area (Å²) >= 11 is 6.20. The van der Waals surface area contributed by atoms with Gasteiger partial charge < -0.3 is 4.74 Å². The van der Waals surface area contributed by atoms with Gasteiger partial charge in [0.15, 0.2) is 0 Å². The lowest BCUT2D eigenvalue weighted by molar-refractivity contribution is 0.152. The molecule has 1 unspecified atom stereocenters. The van der Waals surface area contributed by atoms with Crippen LogP contribution in [0, 0.1) is 29.5 Å². The summed E-state index contributed by atoms with van der Waals surface area (Å²) in [4.78, 5) is 0. The fraction of sp³-hybridized carbons (Fsp3) is 0.680. The van der Waals surface area contributed by atoms with E-state index in [9.17, 15) is 4.39 Å². The Morgan fingerprint density at radius 2 is 1.68 bits per heavy atom. The maximum atomic E-state index is 14.6. The Morgan fingerprint density at radius 3 is 2.29 bits per heavy atom. The second kappa shape index (κ2) is 9.30. The number of epoxide rings is 1. The van der Waals surface area contributed by atoms with Gasteiger partial charge in [-0.1, -0.05) is 68.5 Å². The standard InChI is InChI=1S/C25H34ClFO/c1-2-3-17-4-9-19(10-5-17)20-11-6-18(7-12-20)8-13-21-14-15-22(23-16-28-23)24(26)25(21)27/h8,13-15,17-20,23H,2-7,9-12,16H2,1H3/b13-8+. The molecular weight excluding hydrogens is 371 g/mol. The van der Waals surface area contributed by atoms with E-state index in [1.165, 1.54) is 64.2 Å². The van der Waals surface area contributed by atoms with E-state index in [-0.39, 0.29) is 16.9 Å². The molecule has 28 heavy (non-hydrogen) atoms. The monoisotopic (exact) mass is 404 g/mol. The van der Waals surface area contributed by atoms with E-state index in [0.717, 1.165) is 23.3 Å². The van der Waals surface area contributed by atoms with Crippen LogP contribution in [0.25, 0.3) is 6.08 Å². The summed E-state index contributed by atoms with van der Waals surface area (Å²) in [6.07, 6.45) is 17.9. The third-order valence-electron chi connectivity index (χ3n) is 7.44. The molecule has 1 saturated heterocycles. The first kappa shape index (κ1) is 20.4. The SMILES string of the molecule is CCCC1CCC(C2CCC(/C=C/c3ccc(C4CO4)c(Cl)c3F)CC2)CC1. The summed E-state index contributed by atoms with van der Waals surface area (Å²) in [5.41, 5.74) is 1.39. The second-order valence-electron chi connectivity index (χ2n) is 9.30. The number of ether oxygens (including phenoxy) is 1. The van der Waals surface area contributed by atoms with Crippen LogP contribution >= 0.6 is 11.6 Å². The predicted octanol–water partition coefficient (Wildman–Crippen LogP) is 7.98. The van der Waals surface area contributed by atoms with Gasteiger partial charge in [0.05, 0.1) is 11.6 Å². The summed E-state index contributed by atoms with van der Waals surface area (Å²) in [6.45, 7) is 2.97. The first-order valence-electron chi connectivity index (χ1n) is 11.4. The zero-order chi connectivity index (χ0) is 19.5. The molecule has 1 heterocycles. The molecule has 0 radical (unpaired) electrons. The van der Waals surface area contributed by atoms with Crippen molar-refractivity contribution in [3.8, 4) is 0 Å². The smallest absolute Gasteiger partial charge is 0.149 e. The molecule has 0 N–H and O–H groups in total. The van der Waals surface area contributed by atoms with E-state index in [2.05, 4.69) is 13.0 Å². The van der Waals surface area contributed by atoms with Gasteiger partial charge in [0, 0.05) is 11.1 Å². The molecule has 0 amide bonds. The van der Waals surface area contributed by atoms with Crippen molar-refractivity contribution in [1.29, 1.82) is 0 Å². The number of hydrogen-bond acceptors (Lipinski definition) is 1. The van der Waals surface area contributed by atoms with Crippen LogP contribution in [0.2, 0.25) is 5.02 Å². The minimum absolute atomic E-state index is 0.00709. The zero-order valence-electron chi connectivity index (χ0n) is 17.1. The molecule has 2 saturated carbocycles. The van der Waals surface area contributed by atoms with Crippen LogP contribution in [-0.4, -0.2) is 6.61 Å². The molecule has 2 aliphatic carbocycles. The molecule has 1 aromatic rings. The molecule has 154 valence electrons. The van der Waals surface area contributed by atoms with Gasteiger partial charge in [-0.25, -0.2) is 4.39 Å². The molecule has 1 aromatic carbocycles. The van der Waals surface area contributed by atoms with Crippen molar-refractivity contribution >= 4 is 17.7 Å². The molecule has 0 bridgehead atoms. The van der Waals surface area contributed by atoms with Crippen molar-refractivity contribution in [2.45, 2.75) is 77.2 Å². The highest BCUT2D eigenvalue weighted by atomic mass is 35.5. The summed E-state index contributed by atoms with van der Waals surface area (Å²) in [5.74, 6) is 3.17. The summed E-state index contributed by atoms with van der Waals surface area (Å²) < 4.78 is 19.8. The lowest BCUT2D eigenvalue weighted by atomic mass is 9.68. The summed E-state index contributed by atoms with van der Waals surface area (Å²) in [5, 5.41) is 0.229. The topological polar surface area (TPSA) is 12.5 Å². The van der Waals surface area contributed by atoms with E-state index >= 15 is 0 Å². The molecule has 1 nitrogen and oxygen atoms in total. The maximum Gasteiger partial charge on any atom is 0.149 e. The zero-order valence-corrected chi connectivity index (χ0v) is 17.9. The van der Waals surface area contributed by atoms with Crippen molar-refractivity contribution in [3.63, 3.8) is 0 Å². The number of halogens is 2. The van der Waals surface area contributed by atoms with Crippen LogP contribution in [-0.2, 0) is 4.74 Å². The van der Waals surface area contributed by atoms with Gasteiger partial charge in [-0.15, -0.1) is 0 Å². The minimum atomic E-state index is -0.302. The van der Waals surface area contributed by atoms with Crippen LogP contribution in [0.3, 0.4) is 0 Å². The maximum absolute atomic E-state index is 14.6. The highest BCUT2D eigenvalue weighted by Gasteiger charge is 2.31. The fourth-order valence-electron chi connectivity index (χ4n) is 5.59. The first-order valence-corrected chi connectivity index (χ1v) is 11.8. The first-order chi connectivity index (χ1) is 13.7. The van der Waals surface area contributed by atoms with E-state index < -0.39 is 0 Å². The number of rotatable bonds is 6. The van der Waals surface area contributed by atoms with E-state index in [0.29, 0.717) is 18.1 Å². The van der Waals surface area contributed by atoms with Crippen LogP contribution in [0.15, 0.2) is 18.2 Å². The Labute approximate surface area is 174 Å². The van der Waals surface area contributed by atoms with Crippen molar-refractivity contribution in [2.75, 3.05) is 6.61 Å². The Kier molecular flexibility index (Phi) is 6.78. The van der Waals surface area contributed by atoms with Crippen molar-refractivity contribution in [1.82, 2.24) is 0 Å². The average Bonchev–Trinajstić information content (AvgIpc) is 3.56. The molecule has 3 fully saturated rings. The molecular formula is C25H34ClFO. The molecule has 3 heteroatoms. The van der Waals surface area contributed by atoms with E-state index in [4.69, 9.17) is 16.3 Å². The van der Waals surface area contributed by atoms with Gasteiger partial charge in [-0.3, -0.25) is 0 Å². The van der Waals surface area contributed by atoms with Gasteiger partial charge in [0.25, 0.3) is 0 Å². The quantitative estimate of drug-likeness (QED) is 0.438. The predicted molar refractivity (Wildman–Crippen MR) is 115 cm³/mol. The minimum Gasteiger partial charge on any atom is -0.368 e. The molecule has 0 aromatic heterocycles. The van der Waals surface area contributed by atoms with Crippen LogP contribution in [0.5, 0.6) is 0 Å². The van der Waals surface area contributed by atoms with Gasteiger partial charge in [0.1, 0.15) is 11.9 Å². The Balaban J connectivity index is 1.27. The largest absolute Gasteiger partial charge is 0.368 e. The normalized spacial score (nSPS) is 33.3. The van der Waals surface area contributed by atoms with Crippen molar-refractivity contribution in [2.24, 2.45) is 23.7 Å². The second-order valence-corrected chi connectivity index (χ2v) is 9.68. The van der Waals surface area contributed by atoms with Crippen LogP contribution < -0.4 is 0 Å². The highest BCUT2D eigenvalue weighted by Crippen LogP contribution is 2.43. The Morgan fingerprint density at radius 1 is 1.04 bits per heavy atom. The van der Waals surface area contributed by atoms with Crippen LogP contribution in [0.1, 0.15) is 88.4 Å². The van der Waals surface area contributed by atoms with Crippen molar-refractivity contribution < 1.29 is 9.13 Å². The third-order valence-corrected chi connectivity index (χ3v) is 7.83. The number of allylic oxidation sites excluding steroid dienone is 1. The molecule has 1 atom stereocenters. The third kappa shape index (κ3) is 4.82. The average molecular weight is 405 g/mol. The van der Waals surface area contributed by atoms with E-state index in [1.54, 1.807) is 0 Å². The van der Waals surface area contributed by atoms with Crippen molar-refractivity contribution in [3.05, 3.63) is 40.2 Å². The van der Waals surface area contributed by atoms with Gasteiger partial charge in [-0.05, 0) is 62.2 Å². The lowest BCUT2D eigenvalue weighted by Crippen LogP contribution is -2.25. The molecule has 3 aliphatic rings. The van der Waals surface area contributed by atoms with Gasteiger partial charge in [0.2, 0.25) is 0 Å². The molecule has 0 spiro atoms. The Bertz CT molecular complexity index is 680. The van der Waals surface area contributed by atoms with Crippen LogP contribution in [0.4, 0.5) is 4.39 Å². The van der Waals surface area contributed by atoms with Gasteiger partial charge >= 0.3 is 0 Å². The summed E-state index contributed by atoms with van der Waals surface area (Å²) in [6, 6.07) is 3.75. The van der Waals surface area contributed by atoms with E-state index in [1.807, 2.05) is 18.2 Å². The number of benzene rings is 1. The Hall–Kier alpha value is -0.860. The number of hydrogen-bond donors (Lipinski definition) is 0. The van der Waals surface area contributed by atoms with Gasteiger partial charge in [-0.2, -0.15) is 0 Å². The lowest BCUT2D eigenvalue weighted by Gasteiger charge is -2.37. The summed E-state index contributed by atoms with van der Waals surface area (Å²) in [7, 11) is 0. The molecule has 1 aliphatic heterocycles. The fourth-order valence-corrected chi connectivity index (χ4v) is 5.88.